The van der Waals surface area contributed by atoms with Crippen LogP contribution in [0, 0.1) is 10.8 Å². The van der Waals surface area contributed by atoms with Crippen molar-refractivity contribution < 1.29 is 0 Å². The number of hydrogen-bond acceptors (Lipinski definition) is 1. The SMILES string of the molecule is CC(C)(C)C1=CC(C(C)(C)C)N=C1. The highest BCUT2D eigenvalue weighted by atomic mass is 14.8. The molecule has 0 saturated carbocycles. The molecule has 0 aromatic heterocycles. The van der Waals surface area contributed by atoms with Crippen LogP contribution in [0.4, 0.5) is 0 Å². The zero-order valence-corrected chi connectivity index (χ0v) is 9.68. The van der Waals surface area contributed by atoms with Gasteiger partial charge in [0.1, 0.15) is 0 Å². The average Bonchev–Trinajstić information content (AvgIpc) is 2.28. The molecule has 0 spiro atoms. The summed E-state index contributed by atoms with van der Waals surface area (Å²) in [5.41, 5.74) is 1.86. The molecule has 0 aliphatic carbocycles. The van der Waals surface area contributed by atoms with Gasteiger partial charge >= 0.3 is 0 Å². The van der Waals surface area contributed by atoms with E-state index in [1.807, 2.05) is 6.21 Å². The molecule has 1 heteroatoms. The monoisotopic (exact) mass is 179 g/mol. The maximum absolute atomic E-state index is 4.54. The van der Waals surface area contributed by atoms with Crippen LogP contribution < -0.4 is 0 Å². The van der Waals surface area contributed by atoms with Crippen LogP contribution in [0.15, 0.2) is 16.6 Å². The number of hydrogen-bond donors (Lipinski definition) is 0. The van der Waals surface area contributed by atoms with E-state index in [2.05, 4.69) is 52.6 Å². The summed E-state index contributed by atoms with van der Waals surface area (Å²) >= 11 is 0. The molecular weight excluding hydrogens is 158 g/mol. The highest BCUT2D eigenvalue weighted by Crippen LogP contribution is 2.33. The predicted molar refractivity (Wildman–Crippen MR) is 59.3 cm³/mol. The minimum atomic E-state index is 0.240. The molecule has 0 aromatic rings. The molecule has 0 saturated heterocycles. The number of rotatable bonds is 0. The van der Waals surface area contributed by atoms with Crippen molar-refractivity contribution >= 4 is 6.21 Å². The molecule has 0 aromatic carbocycles. The van der Waals surface area contributed by atoms with E-state index in [1.165, 1.54) is 5.57 Å². The van der Waals surface area contributed by atoms with Crippen molar-refractivity contribution in [2.45, 2.75) is 47.6 Å². The Balaban J connectivity index is 2.84. The fraction of sp³-hybridized carbons (Fsp3) is 0.750. The number of aliphatic imine (C=N–C) groups is 1. The zero-order valence-electron chi connectivity index (χ0n) is 9.68. The van der Waals surface area contributed by atoms with E-state index in [0.29, 0.717) is 6.04 Å². The second kappa shape index (κ2) is 2.97. The van der Waals surface area contributed by atoms with E-state index < -0.39 is 0 Å². The van der Waals surface area contributed by atoms with Crippen LogP contribution in [-0.2, 0) is 0 Å². The Labute approximate surface area is 82.0 Å². The lowest BCUT2D eigenvalue weighted by atomic mass is 9.83. The number of allylic oxidation sites excluding steroid dienone is 1. The van der Waals surface area contributed by atoms with Crippen molar-refractivity contribution in [3.8, 4) is 0 Å². The van der Waals surface area contributed by atoms with E-state index in [-0.39, 0.29) is 10.8 Å². The zero-order chi connectivity index (χ0) is 10.3. The molecule has 0 N–H and O–H groups in total. The van der Waals surface area contributed by atoms with E-state index >= 15 is 0 Å². The topological polar surface area (TPSA) is 12.4 Å². The first-order chi connectivity index (χ1) is 5.71. The second-order valence-electron chi connectivity index (χ2n) is 5.96. The fourth-order valence-corrected chi connectivity index (χ4v) is 1.33. The van der Waals surface area contributed by atoms with Gasteiger partial charge in [0, 0.05) is 6.21 Å². The summed E-state index contributed by atoms with van der Waals surface area (Å²) in [6.07, 6.45) is 4.34. The van der Waals surface area contributed by atoms with E-state index in [1.54, 1.807) is 0 Å². The van der Waals surface area contributed by atoms with Crippen molar-refractivity contribution in [1.29, 1.82) is 0 Å². The summed E-state index contributed by atoms with van der Waals surface area (Å²) in [5.74, 6) is 0. The second-order valence-corrected chi connectivity index (χ2v) is 5.96. The average molecular weight is 179 g/mol. The van der Waals surface area contributed by atoms with Crippen molar-refractivity contribution in [3.63, 3.8) is 0 Å². The van der Waals surface area contributed by atoms with Gasteiger partial charge in [-0.2, -0.15) is 0 Å². The van der Waals surface area contributed by atoms with Gasteiger partial charge in [0.25, 0.3) is 0 Å². The predicted octanol–water partition coefficient (Wildman–Crippen LogP) is 3.46. The molecule has 1 rings (SSSR count). The van der Waals surface area contributed by atoms with Gasteiger partial charge < -0.3 is 0 Å². The Kier molecular flexibility index (Phi) is 2.40. The van der Waals surface area contributed by atoms with Crippen LogP contribution in [-0.4, -0.2) is 12.3 Å². The molecule has 74 valence electrons. The summed E-state index contributed by atoms with van der Waals surface area (Å²) in [4.78, 5) is 4.54. The molecule has 13 heavy (non-hydrogen) atoms. The molecule has 0 amide bonds. The highest BCUT2D eigenvalue weighted by Gasteiger charge is 2.28. The third-order valence-corrected chi connectivity index (χ3v) is 2.46. The van der Waals surface area contributed by atoms with Crippen molar-refractivity contribution in [2.75, 3.05) is 0 Å². The molecule has 0 radical (unpaired) electrons. The lowest BCUT2D eigenvalue weighted by Gasteiger charge is -2.23. The van der Waals surface area contributed by atoms with E-state index in [4.69, 9.17) is 0 Å². The van der Waals surface area contributed by atoms with Gasteiger partial charge in [-0.3, -0.25) is 4.99 Å². The molecular formula is C12H21N. The van der Waals surface area contributed by atoms with Gasteiger partial charge in [-0.15, -0.1) is 0 Å². The Morgan fingerprint density at radius 3 is 1.85 bits per heavy atom. The molecule has 1 aliphatic heterocycles. The third kappa shape index (κ3) is 2.43. The normalized spacial score (nSPS) is 23.5. The maximum atomic E-state index is 4.54. The third-order valence-electron chi connectivity index (χ3n) is 2.46. The van der Waals surface area contributed by atoms with Crippen molar-refractivity contribution in [3.05, 3.63) is 11.6 Å². The summed E-state index contributed by atoms with van der Waals surface area (Å²) in [6.45, 7) is 13.4. The Hall–Kier alpha value is -0.590. The van der Waals surface area contributed by atoms with Gasteiger partial charge in [0.15, 0.2) is 0 Å². The van der Waals surface area contributed by atoms with Gasteiger partial charge in [-0.25, -0.2) is 0 Å². The first-order valence-electron chi connectivity index (χ1n) is 4.97. The lowest BCUT2D eigenvalue weighted by molar-refractivity contribution is 0.369. The van der Waals surface area contributed by atoms with Gasteiger partial charge in [-0.1, -0.05) is 47.6 Å². The summed E-state index contributed by atoms with van der Waals surface area (Å²) in [6, 6.07) is 0.363. The lowest BCUT2D eigenvalue weighted by Crippen LogP contribution is -2.20. The minimum absolute atomic E-state index is 0.240. The fourth-order valence-electron chi connectivity index (χ4n) is 1.33. The van der Waals surface area contributed by atoms with Crippen molar-refractivity contribution in [1.82, 2.24) is 0 Å². The molecule has 1 unspecified atom stereocenters. The van der Waals surface area contributed by atoms with Crippen LogP contribution in [0.1, 0.15) is 41.5 Å². The Morgan fingerprint density at radius 1 is 1.08 bits per heavy atom. The summed E-state index contributed by atoms with van der Waals surface area (Å²) in [7, 11) is 0. The van der Waals surface area contributed by atoms with Gasteiger partial charge in [-0.05, 0) is 16.4 Å². The molecule has 1 aliphatic rings. The summed E-state index contributed by atoms with van der Waals surface area (Å²) in [5, 5.41) is 0. The Morgan fingerprint density at radius 2 is 1.62 bits per heavy atom. The first kappa shape index (κ1) is 10.5. The molecule has 0 fully saturated rings. The smallest absolute Gasteiger partial charge is 0.0734 e. The van der Waals surface area contributed by atoms with Gasteiger partial charge in [0.05, 0.1) is 6.04 Å². The van der Waals surface area contributed by atoms with Crippen LogP contribution in [0.3, 0.4) is 0 Å². The standard InChI is InChI=1S/C12H21N/c1-11(2,3)9-7-10(13-8-9)12(4,5)6/h7-8,10H,1-6H3. The largest absolute Gasteiger partial charge is 0.285 e. The van der Waals surface area contributed by atoms with Gasteiger partial charge in [0.2, 0.25) is 0 Å². The van der Waals surface area contributed by atoms with Crippen LogP contribution >= 0.6 is 0 Å². The highest BCUT2D eigenvalue weighted by molar-refractivity contribution is 5.83. The quantitative estimate of drug-likeness (QED) is 0.540. The van der Waals surface area contributed by atoms with Crippen LogP contribution in [0.25, 0.3) is 0 Å². The maximum Gasteiger partial charge on any atom is 0.0734 e. The van der Waals surface area contributed by atoms with Crippen LogP contribution in [0.5, 0.6) is 0 Å². The first-order valence-corrected chi connectivity index (χ1v) is 4.97. The Bertz CT molecular complexity index is 245. The molecule has 1 heterocycles. The van der Waals surface area contributed by atoms with Crippen LogP contribution in [0.2, 0.25) is 0 Å². The van der Waals surface area contributed by atoms with E-state index in [0.717, 1.165) is 0 Å². The van der Waals surface area contributed by atoms with Crippen molar-refractivity contribution in [2.24, 2.45) is 15.8 Å². The number of nitrogens with zero attached hydrogens (tertiary/aromatic N) is 1. The van der Waals surface area contributed by atoms with E-state index in [9.17, 15) is 0 Å². The molecule has 1 nitrogen and oxygen atoms in total. The molecule has 0 bridgehead atoms. The summed E-state index contributed by atoms with van der Waals surface area (Å²) < 4.78 is 0. The molecule has 1 atom stereocenters. The minimum Gasteiger partial charge on any atom is -0.285 e.